The number of alkyl halides is 6. The van der Waals surface area contributed by atoms with Crippen LogP contribution < -0.4 is 0 Å². The van der Waals surface area contributed by atoms with Crippen LogP contribution in [0.2, 0.25) is 0 Å². The predicted molar refractivity (Wildman–Crippen MR) is 157 cm³/mol. The van der Waals surface area contributed by atoms with E-state index in [0.717, 1.165) is 30.3 Å². The lowest BCUT2D eigenvalue weighted by molar-refractivity contribution is -0.392. The molecule has 15 heteroatoms. The van der Waals surface area contributed by atoms with Gasteiger partial charge in [-0.25, -0.2) is 13.2 Å². The Kier molecular flexibility index (Phi) is 10.1. The Hall–Kier alpha value is -3.43. The highest BCUT2D eigenvalue weighted by molar-refractivity contribution is 7.86. The van der Waals surface area contributed by atoms with Gasteiger partial charge in [0.2, 0.25) is 5.91 Å². The summed E-state index contributed by atoms with van der Waals surface area (Å²) < 4.78 is 147. The Morgan fingerprint density at radius 3 is 1.94 bits per heavy atom. The first kappa shape index (κ1) is 35.9. The molecular weight excluding hydrogens is 675 g/mol. The second-order valence-electron chi connectivity index (χ2n) is 11.9. The van der Waals surface area contributed by atoms with E-state index in [1.807, 2.05) is 0 Å². The van der Waals surface area contributed by atoms with Gasteiger partial charge in [0.05, 0.1) is 22.2 Å². The fraction of sp³-hybridized carbons (Fsp3) is 0.424. The van der Waals surface area contributed by atoms with Crippen molar-refractivity contribution in [2.75, 3.05) is 26.2 Å². The van der Waals surface area contributed by atoms with Gasteiger partial charge in [0.25, 0.3) is 5.60 Å². The molecule has 3 atom stereocenters. The molecule has 1 aliphatic carbocycles. The van der Waals surface area contributed by atoms with Gasteiger partial charge in [-0.1, -0.05) is 30.3 Å². The Morgan fingerprint density at radius 2 is 1.42 bits per heavy atom. The van der Waals surface area contributed by atoms with Crippen LogP contribution >= 0.6 is 0 Å². The lowest BCUT2D eigenvalue weighted by atomic mass is 9.88. The smallest absolute Gasteiger partial charge is 0.349 e. The predicted octanol–water partition coefficient (Wildman–Crippen LogP) is 7.36. The molecule has 260 valence electrons. The molecule has 5 nitrogen and oxygen atoms in total. The maximum absolute atomic E-state index is 14.5. The molecule has 1 saturated heterocycles. The van der Waals surface area contributed by atoms with E-state index in [9.17, 15) is 48.5 Å². The number of ether oxygens (including phenoxy) is 1. The zero-order valence-corrected chi connectivity index (χ0v) is 26.3. The normalized spacial score (nSPS) is 21.8. The highest BCUT2D eigenvalue weighted by atomic mass is 32.2. The van der Waals surface area contributed by atoms with Gasteiger partial charge in [-0.2, -0.15) is 26.3 Å². The summed E-state index contributed by atoms with van der Waals surface area (Å²) in [5.74, 6) is -3.43. The van der Waals surface area contributed by atoms with Gasteiger partial charge in [0.15, 0.2) is 0 Å². The Bertz CT molecular complexity index is 1610. The van der Waals surface area contributed by atoms with E-state index in [2.05, 4.69) is 9.64 Å². The van der Waals surface area contributed by atoms with Crippen molar-refractivity contribution in [3.8, 4) is 0 Å². The minimum atomic E-state index is -6.12. The average Bonchev–Trinajstić information content (AvgIpc) is 3.48. The van der Waals surface area contributed by atoms with Gasteiger partial charge in [0, 0.05) is 55.2 Å². The third kappa shape index (κ3) is 6.60. The second-order valence-corrected chi connectivity index (χ2v) is 13.7. The van der Waals surface area contributed by atoms with E-state index >= 15 is 0 Å². The van der Waals surface area contributed by atoms with Crippen molar-refractivity contribution >= 4 is 16.7 Å². The Labute approximate surface area is 273 Å². The standard InChI is InChI=1S/C33H31F9N2O3S/c1-21(45)43-15-17-44(18-16-43)25-13-14-30(19-25,48(46)26-11-9-24(34)10-12-26)22-5-7-23(8-6-22)31(32(37,38)39,33(40,41)42)47-20-27-28(35)3-2-4-29(27)36/h2-12,25H,13-20H2,1H3. The molecule has 48 heavy (non-hydrogen) atoms. The number of rotatable bonds is 8. The minimum absolute atomic E-state index is 0.0790. The molecule has 0 N–H and O–H groups in total. The second kappa shape index (κ2) is 13.5. The molecule has 1 amide bonds. The average molecular weight is 707 g/mol. The number of hydrogen-bond donors (Lipinski definition) is 0. The van der Waals surface area contributed by atoms with E-state index in [4.69, 9.17) is 0 Å². The fourth-order valence-electron chi connectivity index (χ4n) is 6.61. The van der Waals surface area contributed by atoms with E-state index in [1.165, 1.54) is 19.1 Å². The van der Waals surface area contributed by atoms with Crippen LogP contribution in [0.3, 0.4) is 0 Å². The highest BCUT2D eigenvalue weighted by Crippen LogP contribution is 2.54. The maximum Gasteiger partial charge on any atom is 0.430 e. The van der Waals surface area contributed by atoms with Crippen molar-refractivity contribution in [2.24, 2.45) is 0 Å². The molecule has 0 spiro atoms. The van der Waals surface area contributed by atoms with Crippen molar-refractivity contribution in [3.05, 3.63) is 101 Å². The van der Waals surface area contributed by atoms with Crippen molar-refractivity contribution in [1.82, 2.24) is 9.80 Å². The van der Waals surface area contributed by atoms with Crippen LogP contribution in [-0.4, -0.2) is 64.5 Å². The number of piperazine rings is 1. The van der Waals surface area contributed by atoms with Crippen molar-refractivity contribution in [2.45, 2.75) is 66.4 Å². The summed E-state index contributed by atoms with van der Waals surface area (Å²) in [6.07, 6.45) is -11.3. The summed E-state index contributed by atoms with van der Waals surface area (Å²) in [7, 11) is -1.93. The summed E-state index contributed by atoms with van der Waals surface area (Å²) in [6, 6.07) is 10.2. The van der Waals surface area contributed by atoms with E-state index in [0.29, 0.717) is 56.9 Å². The summed E-state index contributed by atoms with van der Waals surface area (Å²) in [6.45, 7) is 1.73. The molecule has 0 radical (unpaired) electrons. The fourth-order valence-corrected chi connectivity index (χ4v) is 8.45. The van der Waals surface area contributed by atoms with E-state index < -0.39 is 68.7 Å². The number of hydrogen-bond acceptors (Lipinski definition) is 4. The van der Waals surface area contributed by atoms with E-state index in [-0.39, 0.29) is 35.2 Å². The largest absolute Gasteiger partial charge is 0.430 e. The molecule has 3 aromatic rings. The molecular formula is C33H31F9N2O3S. The van der Waals surface area contributed by atoms with Gasteiger partial charge in [-0.05, 0) is 61.2 Å². The van der Waals surface area contributed by atoms with Gasteiger partial charge >= 0.3 is 12.4 Å². The third-order valence-electron chi connectivity index (χ3n) is 9.22. The molecule has 2 aliphatic rings. The minimum Gasteiger partial charge on any atom is -0.349 e. The van der Waals surface area contributed by atoms with Crippen molar-refractivity contribution < 1.29 is 53.3 Å². The van der Waals surface area contributed by atoms with Crippen molar-refractivity contribution in [1.29, 1.82) is 0 Å². The van der Waals surface area contributed by atoms with E-state index in [1.54, 1.807) is 4.90 Å². The maximum atomic E-state index is 14.5. The molecule has 0 bridgehead atoms. The number of carbonyl (C=O) groups is 1. The van der Waals surface area contributed by atoms with Gasteiger partial charge in [0.1, 0.15) is 17.5 Å². The highest BCUT2D eigenvalue weighted by Gasteiger charge is 2.73. The lowest BCUT2D eigenvalue weighted by Crippen LogP contribution is -2.56. The number of halogens is 9. The van der Waals surface area contributed by atoms with Crippen LogP contribution in [-0.2, 0) is 37.3 Å². The first-order valence-electron chi connectivity index (χ1n) is 15.0. The first-order valence-corrected chi connectivity index (χ1v) is 16.1. The van der Waals surface area contributed by atoms with Crippen LogP contribution in [0.15, 0.2) is 71.6 Å². The zero-order chi connectivity index (χ0) is 35.1. The van der Waals surface area contributed by atoms with Gasteiger partial charge < -0.3 is 9.64 Å². The van der Waals surface area contributed by atoms with Crippen LogP contribution in [0.4, 0.5) is 39.5 Å². The zero-order valence-electron chi connectivity index (χ0n) is 25.5. The third-order valence-corrected chi connectivity index (χ3v) is 11.2. The topological polar surface area (TPSA) is 49.9 Å². The van der Waals surface area contributed by atoms with Crippen LogP contribution in [0.1, 0.15) is 42.9 Å². The number of nitrogens with zero attached hydrogens (tertiary/aromatic N) is 2. The van der Waals surface area contributed by atoms with Crippen LogP contribution in [0, 0.1) is 17.5 Å². The van der Waals surface area contributed by atoms with Crippen molar-refractivity contribution in [3.63, 3.8) is 0 Å². The summed E-state index contributed by atoms with van der Waals surface area (Å²) in [5.41, 5.74) is -7.27. The summed E-state index contributed by atoms with van der Waals surface area (Å²) in [5, 5.41) is 0. The van der Waals surface area contributed by atoms with Gasteiger partial charge in [-0.15, -0.1) is 0 Å². The Morgan fingerprint density at radius 1 is 0.854 bits per heavy atom. The lowest BCUT2D eigenvalue weighted by Gasteiger charge is -2.39. The monoisotopic (exact) mass is 706 g/mol. The quantitative estimate of drug-likeness (QED) is 0.230. The molecule has 3 aromatic carbocycles. The Balaban J connectivity index is 1.53. The number of benzene rings is 3. The molecule has 2 fully saturated rings. The molecule has 5 rings (SSSR count). The molecule has 3 unspecified atom stereocenters. The summed E-state index contributed by atoms with van der Waals surface area (Å²) >= 11 is 0. The molecule has 1 heterocycles. The molecule has 1 aliphatic heterocycles. The number of carbonyl (C=O) groups excluding carboxylic acids is 1. The first-order chi connectivity index (χ1) is 22.5. The van der Waals surface area contributed by atoms with Gasteiger partial charge in [-0.3, -0.25) is 13.9 Å². The number of amides is 1. The molecule has 0 aromatic heterocycles. The summed E-state index contributed by atoms with van der Waals surface area (Å²) in [4.78, 5) is 15.8. The molecule has 1 saturated carbocycles. The van der Waals surface area contributed by atoms with Crippen LogP contribution in [0.25, 0.3) is 0 Å². The van der Waals surface area contributed by atoms with Crippen LogP contribution in [0.5, 0.6) is 0 Å². The SMILES string of the molecule is CC(=O)N1CCN(C2CCC(c3ccc(C(OCc4c(F)cccc4F)(C(F)(F)F)C(F)(F)F)cc3)(S(=O)c3ccc(F)cc3)C2)CC1.